The first-order chi connectivity index (χ1) is 10.9. The molecule has 130 valence electrons. The number of carbonyl (C=O) groups is 1. The third kappa shape index (κ3) is 2.89. The fourth-order valence-electron chi connectivity index (χ4n) is 2.67. The third-order valence-corrected chi connectivity index (χ3v) is 4.11. The minimum Gasteiger partial charge on any atom is -0.287 e. The van der Waals surface area contributed by atoms with Crippen molar-refractivity contribution in [3.63, 3.8) is 0 Å². The first kappa shape index (κ1) is 18.4. The number of rotatable bonds is 3. The van der Waals surface area contributed by atoms with Crippen molar-refractivity contribution < 1.29 is 26.7 Å². The molecule has 1 nitrogen and oxygen atoms in total. The molecule has 0 spiro atoms. The first-order valence-corrected chi connectivity index (χ1v) is 7.41. The second kappa shape index (κ2) is 5.83. The van der Waals surface area contributed by atoms with Gasteiger partial charge in [0.1, 0.15) is 0 Å². The summed E-state index contributed by atoms with van der Waals surface area (Å²) >= 11 is 0. The zero-order valence-corrected chi connectivity index (χ0v) is 13.7. The summed E-state index contributed by atoms with van der Waals surface area (Å²) in [5.41, 5.74) is 1.95. The smallest absolute Gasteiger partial charge is 0.287 e. The Hall–Kier alpha value is -1.98. The standard InChI is InChI=1S/C18H17F5O/c1-9(2)12-6-5-10(3)15-13(8-12)11(4)7-14(15)16(24)17(19,20)18(21,22)23/h5-9H,1-4H3. The van der Waals surface area contributed by atoms with Crippen LogP contribution in [0.25, 0.3) is 11.1 Å². The maximum Gasteiger partial charge on any atom is 0.461 e. The van der Waals surface area contributed by atoms with Crippen molar-refractivity contribution in [2.24, 2.45) is 0 Å². The number of alkyl halides is 5. The molecule has 6 heteroatoms. The molecular weight excluding hydrogens is 327 g/mol. The molecule has 0 unspecified atom stereocenters. The van der Waals surface area contributed by atoms with Crippen LogP contribution in [-0.2, 0) is 0 Å². The van der Waals surface area contributed by atoms with E-state index in [4.69, 9.17) is 0 Å². The number of halogens is 5. The zero-order valence-electron chi connectivity index (χ0n) is 13.7. The number of ketones is 1. The Morgan fingerprint density at radius 2 is 1.54 bits per heavy atom. The Morgan fingerprint density at radius 3 is 2.04 bits per heavy atom. The van der Waals surface area contributed by atoms with Crippen molar-refractivity contribution in [3.05, 3.63) is 46.5 Å². The van der Waals surface area contributed by atoms with Crippen LogP contribution >= 0.6 is 0 Å². The summed E-state index contributed by atoms with van der Waals surface area (Å²) in [7, 11) is 0. The molecular formula is C18H17F5O. The van der Waals surface area contributed by atoms with E-state index >= 15 is 0 Å². The summed E-state index contributed by atoms with van der Waals surface area (Å²) in [4.78, 5) is 11.9. The summed E-state index contributed by atoms with van der Waals surface area (Å²) in [5, 5.41) is 0. The van der Waals surface area contributed by atoms with Crippen LogP contribution in [0.3, 0.4) is 0 Å². The van der Waals surface area contributed by atoms with E-state index in [1.807, 2.05) is 13.8 Å². The minimum absolute atomic E-state index is 0.144. The number of fused-ring (bicyclic) bond motifs is 1. The second-order valence-corrected chi connectivity index (χ2v) is 6.25. The van der Waals surface area contributed by atoms with E-state index in [2.05, 4.69) is 0 Å². The predicted octanol–water partition coefficient (Wildman–Crippen LogP) is 5.91. The van der Waals surface area contributed by atoms with Crippen molar-refractivity contribution in [2.45, 2.75) is 45.7 Å². The molecule has 0 heterocycles. The van der Waals surface area contributed by atoms with Gasteiger partial charge in [-0.25, -0.2) is 0 Å². The van der Waals surface area contributed by atoms with E-state index in [1.165, 1.54) is 0 Å². The van der Waals surface area contributed by atoms with Gasteiger partial charge >= 0.3 is 12.1 Å². The Balaban J connectivity index is 2.71. The lowest BCUT2D eigenvalue weighted by Gasteiger charge is -2.18. The van der Waals surface area contributed by atoms with Gasteiger partial charge in [0.25, 0.3) is 0 Å². The molecule has 0 aromatic carbocycles. The largest absolute Gasteiger partial charge is 0.461 e. The van der Waals surface area contributed by atoms with E-state index < -0.39 is 23.4 Å². The average molecular weight is 344 g/mol. The molecule has 0 aliphatic heterocycles. The Morgan fingerprint density at radius 1 is 0.958 bits per heavy atom. The Bertz CT molecular complexity index is 759. The van der Waals surface area contributed by atoms with Crippen LogP contribution in [0.2, 0.25) is 0 Å². The molecule has 2 aliphatic rings. The molecule has 0 bridgehead atoms. The first-order valence-electron chi connectivity index (χ1n) is 7.41. The highest BCUT2D eigenvalue weighted by Crippen LogP contribution is 2.43. The molecule has 0 fully saturated rings. The Kier molecular flexibility index (Phi) is 4.46. The molecule has 0 radical (unpaired) electrons. The van der Waals surface area contributed by atoms with Crippen molar-refractivity contribution >= 4 is 5.78 Å². The molecule has 2 aliphatic carbocycles. The van der Waals surface area contributed by atoms with Crippen molar-refractivity contribution in [2.75, 3.05) is 0 Å². The molecule has 0 saturated carbocycles. The van der Waals surface area contributed by atoms with Gasteiger partial charge in [0.15, 0.2) is 0 Å². The van der Waals surface area contributed by atoms with Gasteiger partial charge in [0, 0.05) is 5.56 Å². The number of hydrogen-bond acceptors (Lipinski definition) is 1. The van der Waals surface area contributed by atoms with Crippen LogP contribution in [0.15, 0.2) is 24.3 Å². The number of aryl methyl sites for hydroxylation is 2. The number of Topliss-reactive ketones (excluding diaryl/α,β-unsaturated/α-hetero) is 1. The topological polar surface area (TPSA) is 17.1 Å². The third-order valence-electron chi connectivity index (χ3n) is 4.11. The van der Waals surface area contributed by atoms with E-state index in [-0.39, 0.29) is 11.5 Å². The highest BCUT2D eigenvalue weighted by atomic mass is 19.4. The van der Waals surface area contributed by atoms with E-state index in [0.29, 0.717) is 16.7 Å². The summed E-state index contributed by atoms with van der Waals surface area (Å²) in [6.45, 7) is 7.07. The van der Waals surface area contributed by atoms with E-state index in [9.17, 15) is 26.7 Å². The predicted molar refractivity (Wildman–Crippen MR) is 82.0 cm³/mol. The molecule has 0 aromatic heterocycles. The number of hydrogen-bond donors (Lipinski definition) is 0. The molecule has 0 amide bonds. The van der Waals surface area contributed by atoms with Crippen LogP contribution < -0.4 is 0 Å². The minimum atomic E-state index is -5.92. The summed E-state index contributed by atoms with van der Waals surface area (Å²) < 4.78 is 64.7. The Labute approximate surface area is 136 Å². The molecule has 0 N–H and O–H groups in total. The van der Waals surface area contributed by atoms with Gasteiger partial charge in [0.2, 0.25) is 5.78 Å². The van der Waals surface area contributed by atoms with Crippen LogP contribution in [0.5, 0.6) is 0 Å². The van der Waals surface area contributed by atoms with Crippen molar-refractivity contribution in [3.8, 4) is 11.1 Å². The monoisotopic (exact) mass is 344 g/mol. The van der Waals surface area contributed by atoms with Gasteiger partial charge in [-0.15, -0.1) is 0 Å². The molecule has 24 heavy (non-hydrogen) atoms. The second-order valence-electron chi connectivity index (χ2n) is 6.25. The van der Waals surface area contributed by atoms with E-state index in [1.54, 1.807) is 32.0 Å². The van der Waals surface area contributed by atoms with Crippen LogP contribution in [0.1, 0.15) is 46.8 Å². The fraction of sp³-hybridized carbons (Fsp3) is 0.389. The van der Waals surface area contributed by atoms with Gasteiger partial charge in [-0.2, -0.15) is 22.0 Å². The van der Waals surface area contributed by atoms with E-state index in [0.717, 1.165) is 11.6 Å². The van der Waals surface area contributed by atoms with Gasteiger partial charge in [-0.05, 0) is 53.6 Å². The average Bonchev–Trinajstić information content (AvgIpc) is 2.65. The maximum atomic E-state index is 13.5. The lowest BCUT2D eigenvalue weighted by molar-refractivity contribution is -0.255. The summed E-state index contributed by atoms with van der Waals surface area (Å²) in [6.07, 6.45) is -5.92. The van der Waals surface area contributed by atoms with Crippen molar-refractivity contribution in [1.29, 1.82) is 0 Å². The molecule has 0 saturated heterocycles. The van der Waals surface area contributed by atoms with Gasteiger partial charge in [0.05, 0.1) is 0 Å². The van der Waals surface area contributed by atoms with Crippen LogP contribution in [-0.4, -0.2) is 17.9 Å². The maximum absolute atomic E-state index is 13.5. The molecule has 0 aromatic rings. The highest BCUT2D eigenvalue weighted by Gasteiger charge is 2.63. The molecule has 0 atom stereocenters. The fourth-order valence-corrected chi connectivity index (χ4v) is 2.67. The van der Waals surface area contributed by atoms with Gasteiger partial charge in [-0.1, -0.05) is 32.0 Å². The van der Waals surface area contributed by atoms with Crippen molar-refractivity contribution in [1.82, 2.24) is 0 Å². The quantitative estimate of drug-likeness (QED) is 0.499. The normalized spacial score (nSPS) is 12.9. The van der Waals surface area contributed by atoms with Crippen LogP contribution in [0.4, 0.5) is 22.0 Å². The van der Waals surface area contributed by atoms with Gasteiger partial charge in [-0.3, -0.25) is 4.79 Å². The van der Waals surface area contributed by atoms with Crippen LogP contribution in [0, 0.1) is 13.8 Å². The lowest BCUT2D eigenvalue weighted by atomic mass is 9.97. The molecule has 2 rings (SSSR count). The highest BCUT2D eigenvalue weighted by molar-refractivity contribution is 6.09. The number of carbonyl (C=O) groups excluding carboxylic acids is 1. The summed E-state index contributed by atoms with van der Waals surface area (Å²) in [5.74, 6) is -7.49. The lowest BCUT2D eigenvalue weighted by Crippen LogP contribution is -2.44. The summed E-state index contributed by atoms with van der Waals surface area (Å²) in [6, 6.07) is 6.28. The van der Waals surface area contributed by atoms with Gasteiger partial charge < -0.3 is 0 Å². The zero-order chi connectivity index (χ0) is 18.4. The SMILES string of the molecule is Cc1cc(C(=O)C(F)(F)C(F)(F)F)c2c(C)ccc(C(C)C)cc1-2.